The Kier molecular flexibility index (Phi) is 2.24. The third-order valence-electron chi connectivity index (χ3n) is 3.52. The molecule has 17 heavy (non-hydrogen) atoms. The molecule has 0 aliphatic carbocycles. The first kappa shape index (κ1) is 10.7. The van der Waals surface area contributed by atoms with Crippen LogP contribution in [-0.2, 0) is 26.5 Å². The molecule has 0 N–H and O–H groups in total. The van der Waals surface area contributed by atoms with Crippen LogP contribution in [0.15, 0.2) is 18.2 Å². The van der Waals surface area contributed by atoms with Crippen LogP contribution >= 0.6 is 0 Å². The summed E-state index contributed by atoms with van der Waals surface area (Å²) in [6.07, 6.45) is 0.468. The van der Waals surface area contributed by atoms with Crippen LogP contribution in [0.1, 0.15) is 18.1 Å². The summed E-state index contributed by atoms with van der Waals surface area (Å²) in [5.41, 5.74) is 3.02. The zero-order chi connectivity index (χ0) is 12.0. The van der Waals surface area contributed by atoms with Gasteiger partial charge in [0.2, 0.25) is 5.91 Å². The second-order valence-electron chi connectivity index (χ2n) is 4.62. The van der Waals surface area contributed by atoms with Gasteiger partial charge in [-0.25, -0.2) is 0 Å². The summed E-state index contributed by atoms with van der Waals surface area (Å²) in [7, 11) is 1.80. The second-order valence-corrected chi connectivity index (χ2v) is 4.62. The van der Waals surface area contributed by atoms with Crippen molar-refractivity contribution in [3.8, 4) is 0 Å². The number of fused-ring (bicyclic) bond motifs is 1. The van der Waals surface area contributed by atoms with Gasteiger partial charge < -0.3 is 14.4 Å². The summed E-state index contributed by atoms with van der Waals surface area (Å²) in [6, 6.07) is 5.95. The molecular weight excluding hydrogens is 218 g/mol. The molecule has 2 aliphatic heterocycles. The maximum atomic E-state index is 11.6. The molecule has 0 unspecified atom stereocenters. The molecule has 1 aromatic rings. The zero-order valence-corrected chi connectivity index (χ0v) is 10.0. The molecule has 0 spiro atoms. The van der Waals surface area contributed by atoms with E-state index in [9.17, 15) is 4.79 Å². The average molecular weight is 233 g/mol. The summed E-state index contributed by atoms with van der Waals surface area (Å²) in [4.78, 5) is 13.3. The van der Waals surface area contributed by atoms with Crippen molar-refractivity contribution in [1.29, 1.82) is 0 Å². The number of hydrogen-bond donors (Lipinski definition) is 0. The van der Waals surface area contributed by atoms with Crippen molar-refractivity contribution in [2.45, 2.75) is 19.1 Å². The molecule has 2 heterocycles. The highest BCUT2D eigenvalue weighted by Crippen LogP contribution is 2.35. The minimum Gasteiger partial charge on any atom is -0.344 e. The van der Waals surface area contributed by atoms with Gasteiger partial charge in [0.05, 0.1) is 19.6 Å². The van der Waals surface area contributed by atoms with E-state index in [1.54, 1.807) is 11.9 Å². The van der Waals surface area contributed by atoms with Crippen molar-refractivity contribution >= 4 is 11.6 Å². The maximum Gasteiger partial charge on any atom is 0.231 e. The Labute approximate surface area is 100 Å². The minimum absolute atomic E-state index is 0.135. The van der Waals surface area contributed by atoms with Crippen LogP contribution in [-0.4, -0.2) is 26.2 Å². The van der Waals surface area contributed by atoms with E-state index >= 15 is 0 Å². The van der Waals surface area contributed by atoms with Gasteiger partial charge in [0.15, 0.2) is 5.79 Å². The summed E-state index contributed by atoms with van der Waals surface area (Å²) >= 11 is 0. The lowest BCUT2D eigenvalue weighted by atomic mass is 10.0. The van der Waals surface area contributed by atoms with E-state index in [0.717, 1.165) is 16.8 Å². The molecule has 1 fully saturated rings. The highest BCUT2D eigenvalue weighted by Gasteiger charge is 2.35. The third kappa shape index (κ3) is 1.56. The molecule has 2 aliphatic rings. The molecule has 1 saturated heterocycles. The van der Waals surface area contributed by atoms with E-state index in [4.69, 9.17) is 9.47 Å². The molecule has 3 rings (SSSR count). The summed E-state index contributed by atoms with van der Waals surface area (Å²) in [5, 5.41) is 0. The van der Waals surface area contributed by atoms with Gasteiger partial charge in [-0.2, -0.15) is 0 Å². The first-order chi connectivity index (χ1) is 8.10. The fraction of sp³-hybridized carbons (Fsp3) is 0.462. The van der Waals surface area contributed by atoms with Gasteiger partial charge in [-0.1, -0.05) is 6.07 Å². The summed E-state index contributed by atoms with van der Waals surface area (Å²) < 4.78 is 11.2. The van der Waals surface area contributed by atoms with Crippen molar-refractivity contribution in [1.82, 2.24) is 0 Å². The van der Waals surface area contributed by atoms with Gasteiger partial charge in [0.25, 0.3) is 0 Å². The van der Waals surface area contributed by atoms with Crippen molar-refractivity contribution in [2.24, 2.45) is 0 Å². The Hall–Kier alpha value is -1.39. The lowest BCUT2D eigenvalue weighted by Crippen LogP contribution is -2.22. The van der Waals surface area contributed by atoms with Crippen molar-refractivity contribution in [3.05, 3.63) is 29.3 Å². The molecule has 4 nitrogen and oxygen atoms in total. The Balaban J connectivity index is 2.00. The van der Waals surface area contributed by atoms with Crippen molar-refractivity contribution in [3.63, 3.8) is 0 Å². The number of amides is 1. The van der Waals surface area contributed by atoms with Crippen LogP contribution in [0.4, 0.5) is 5.69 Å². The molecule has 0 atom stereocenters. The van der Waals surface area contributed by atoms with Crippen LogP contribution in [0.25, 0.3) is 0 Å². The Bertz CT molecular complexity index is 478. The molecule has 0 bridgehead atoms. The SMILES string of the molecule is CN1C(=O)Cc2cc(C3(C)OCCO3)ccc21. The summed E-state index contributed by atoms with van der Waals surface area (Å²) in [6.45, 7) is 3.15. The number of likely N-dealkylation sites (N-methyl/N-ethyl adjacent to an activating group) is 1. The number of anilines is 1. The van der Waals surface area contributed by atoms with Crippen molar-refractivity contribution < 1.29 is 14.3 Å². The van der Waals surface area contributed by atoms with Crippen LogP contribution in [0.3, 0.4) is 0 Å². The van der Waals surface area contributed by atoms with Gasteiger partial charge in [-0.3, -0.25) is 4.79 Å². The van der Waals surface area contributed by atoms with Crippen LogP contribution in [0.2, 0.25) is 0 Å². The molecule has 1 aromatic carbocycles. The third-order valence-corrected chi connectivity index (χ3v) is 3.52. The molecule has 0 aromatic heterocycles. The first-order valence-corrected chi connectivity index (χ1v) is 5.78. The summed E-state index contributed by atoms with van der Waals surface area (Å²) in [5.74, 6) is -0.519. The van der Waals surface area contributed by atoms with E-state index in [0.29, 0.717) is 19.6 Å². The van der Waals surface area contributed by atoms with Gasteiger partial charge in [0.1, 0.15) is 0 Å². The van der Waals surface area contributed by atoms with E-state index in [1.165, 1.54) is 0 Å². The smallest absolute Gasteiger partial charge is 0.231 e. The van der Waals surface area contributed by atoms with E-state index in [2.05, 4.69) is 0 Å². The van der Waals surface area contributed by atoms with E-state index in [-0.39, 0.29) is 5.91 Å². The molecule has 0 radical (unpaired) electrons. The Morgan fingerprint density at radius 1 is 1.29 bits per heavy atom. The first-order valence-electron chi connectivity index (χ1n) is 5.78. The zero-order valence-electron chi connectivity index (χ0n) is 10.0. The van der Waals surface area contributed by atoms with Gasteiger partial charge in [-0.15, -0.1) is 0 Å². The number of carbonyl (C=O) groups excluding carboxylic acids is 1. The highest BCUT2D eigenvalue weighted by atomic mass is 16.7. The number of nitrogens with zero attached hydrogens (tertiary/aromatic N) is 1. The largest absolute Gasteiger partial charge is 0.344 e. The number of ether oxygens (including phenoxy) is 2. The normalized spacial score (nSPS) is 22.0. The second kappa shape index (κ2) is 3.55. The highest BCUT2D eigenvalue weighted by molar-refractivity contribution is 6.00. The lowest BCUT2D eigenvalue weighted by Gasteiger charge is -2.23. The van der Waals surface area contributed by atoms with E-state index in [1.807, 2.05) is 25.1 Å². The maximum absolute atomic E-state index is 11.6. The Morgan fingerprint density at radius 2 is 2.00 bits per heavy atom. The van der Waals surface area contributed by atoms with Crippen LogP contribution in [0.5, 0.6) is 0 Å². The standard InChI is InChI=1S/C13H15NO3/c1-13(16-5-6-17-13)10-3-4-11-9(7-10)8-12(15)14(11)2/h3-4,7H,5-6,8H2,1-2H3. The number of benzene rings is 1. The molecule has 4 heteroatoms. The quantitative estimate of drug-likeness (QED) is 0.736. The fourth-order valence-corrected chi connectivity index (χ4v) is 2.43. The monoisotopic (exact) mass is 233 g/mol. The predicted octanol–water partition coefficient (Wildman–Crippen LogP) is 1.42. The average Bonchev–Trinajstić information content (AvgIpc) is 2.86. The number of hydrogen-bond acceptors (Lipinski definition) is 3. The van der Waals surface area contributed by atoms with Gasteiger partial charge in [-0.05, 0) is 24.6 Å². The van der Waals surface area contributed by atoms with Gasteiger partial charge >= 0.3 is 0 Å². The number of rotatable bonds is 1. The lowest BCUT2D eigenvalue weighted by molar-refractivity contribution is -0.149. The van der Waals surface area contributed by atoms with Gasteiger partial charge in [0, 0.05) is 18.3 Å². The predicted molar refractivity (Wildman–Crippen MR) is 62.8 cm³/mol. The fourth-order valence-electron chi connectivity index (χ4n) is 2.43. The van der Waals surface area contributed by atoms with Crippen LogP contribution in [0, 0.1) is 0 Å². The molecule has 90 valence electrons. The van der Waals surface area contributed by atoms with Crippen molar-refractivity contribution in [2.75, 3.05) is 25.2 Å². The topological polar surface area (TPSA) is 38.8 Å². The van der Waals surface area contributed by atoms with E-state index < -0.39 is 5.79 Å². The minimum atomic E-state index is -0.654. The number of carbonyl (C=O) groups is 1. The van der Waals surface area contributed by atoms with Crippen LogP contribution < -0.4 is 4.90 Å². The molecule has 0 saturated carbocycles. The molecule has 1 amide bonds. The molecular formula is C13H15NO3. The Morgan fingerprint density at radius 3 is 2.71 bits per heavy atom.